The van der Waals surface area contributed by atoms with Gasteiger partial charge >= 0.3 is 0 Å². The van der Waals surface area contributed by atoms with Crippen LogP contribution in [0.3, 0.4) is 0 Å². The van der Waals surface area contributed by atoms with Gasteiger partial charge in [0.1, 0.15) is 12.4 Å². The Hall–Kier alpha value is -4.98. The van der Waals surface area contributed by atoms with Crippen LogP contribution < -0.4 is 4.74 Å². The molecule has 0 aliphatic rings. The molecule has 0 radical (unpaired) electrons. The third kappa shape index (κ3) is 5.18. The Morgan fingerprint density at radius 3 is 2.35 bits per heavy atom. The number of amides is 1. The number of fused-ring (bicyclic) bond motifs is 3. The number of para-hydroxylation sites is 1. The highest BCUT2D eigenvalue weighted by Gasteiger charge is 2.21. The Balaban J connectivity index is 1.32. The van der Waals surface area contributed by atoms with Gasteiger partial charge in [0.15, 0.2) is 5.78 Å². The highest BCUT2D eigenvalue weighted by atomic mass is 16.6. The smallest absolute Gasteiger partial charge is 0.270 e. The van der Waals surface area contributed by atoms with E-state index < -0.39 is 10.7 Å². The molecule has 0 bridgehead atoms. The monoisotopic (exact) mass is 493 g/mol. The van der Waals surface area contributed by atoms with Crippen LogP contribution >= 0.6 is 0 Å². The number of H-pyrrole nitrogens is 1. The Morgan fingerprint density at radius 1 is 0.811 bits per heavy atom. The molecular weight excluding hydrogens is 470 g/mol. The fourth-order valence-electron chi connectivity index (χ4n) is 4.27. The standard InChI is InChI=1S/C29H23N3O5/c33-28(21-9-6-10-22(17-21)32(35)36)19-31(29(34)20-7-2-1-3-8-20)15-16-37-23-13-14-25-24-11-4-5-12-26(24)30-27(25)18-23/h1-14,17-18,30H,15-16,19H2. The molecule has 1 heterocycles. The molecule has 0 aliphatic heterocycles. The van der Waals surface area contributed by atoms with Crippen LogP contribution in [0.4, 0.5) is 5.69 Å². The van der Waals surface area contributed by atoms with E-state index in [4.69, 9.17) is 4.74 Å². The minimum atomic E-state index is -0.554. The van der Waals surface area contributed by atoms with E-state index in [2.05, 4.69) is 11.1 Å². The van der Waals surface area contributed by atoms with Crippen molar-refractivity contribution >= 4 is 39.2 Å². The van der Waals surface area contributed by atoms with Crippen LogP contribution in [0.15, 0.2) is 97.1 Å². The number of ether oxygens (including phenoxy) is 1. The Labute approximate surface area is 212 Å². The van der Waals surface area contributed by atoms with Gasteiger partial charge in [0.25, 0.3) is 11.6 Å². The van der Waals surface area contributed by atoms with E-state index in [0.717, 1.165) is 21.8 Å². The first-order valence-corrected chi connectivity index (χ1v) is 11.7. The number of aromatic nitrogens is 1. The van der Waals surface area contributed by atoms with Gasteiger partial charge in [-0.2, -0.15) is 0 Å². The molecule has 8 heteroatoms. The third-order valence-corrected chi connectivity index (χ3v) is 6.13. The van der Waals surface area contributed by atoms with Gasteiger partial charge in [-0.3, -0.25) is 19.7 Å². The molecule has 0 saturated heterocycles. The molecule has 5 aromatic rings. The zero-order chi connectivity index (χ0) is 25.8. The van der Waals surface area contributed by atoms with Crippen LogP contribution in [0.5, 0.6) is 5.75 Å². The predicted molar refractivity (Wildman–Crippen MR) is 141 cm³/mol. The number of carbonyl (C=O) groups is 2. The number of carbonyl (C=O) groups excluding carboxylic acids is 2. The van der Waals surface area contributed by atoms with Crippen molar-refractivity contribution in [2.75, 3.05) is 19.7 Å². The predicted octanol–water partition coefficient (Wildman–Crippen LogP) is 5.63. The molecule has 1 aromatic heterocycles. The quantitative estimate of drug-likeness (QED) is 0.163. The number of hydrogen-bond donors (Lipinski definition) is 1. The summed E-state index contributed by atoms with van der Waals surface area (Å²) in [6, 6.07) is 28.0. The van der Waals surface area contributed by atoms with Crippen LogP contribution in [0.25, 0.3) is 21.8 Å². The summed E-state index contributed by atoms with van der Waals surface area (Å²) in [5, 5.41) is 13.3. The number of Topliss-reactive ketones (excluding diaryl/α,β-unsaturated/α-hetero) is 1. The van der Waals surface area contributed by atoms with Crippen molar-refractivity contribution in [2.24, 2.45) is 0 Å². The van der Waals surface area contributed by atoms with Gasteiger partial charge in [0.05, 0.1) is 23.5 Å². The van der Waals surface area contributed by atoms with E-state index in [1.54, 1.807) is 30.3 Å². The maximum absolute atomic E-state index is 13.2. The van der Waals surface area contributed by atoms with E-state index >= 15 is 0 Å². The van der Waals surface area contributed by atoms with Gasteiger partial charge in [0, 0.05) is 45.6 Å². The Morgan fingerprint density at radius 2 is 1.54 bits per heavy atom. The number of nitrogens with one attached hydrogen (secondary N) is 1. The zero-order valence-corrected chi connectivity index (χ0v) is 19.8. The van der Waals surface area contributed by atoms with Crippen molar-refractivity contribution < 1.29 is 19.2 Å². The fraction of sp³-hybridized carbons (Fsp3) is 0.103. The van der Waals surface area contributed by atoms with E-state index in [1.165, 1.54) is 29.2 Å². The molecule has 1 amide bonds. The zero-order valence-electron chi connectivity index (χ0n) is 19.8. The summed E-state index contributed by atoms with van der Waals surface area (Å²) in [6.45, 7) is 0.0744. The number of nitro benzene ring substituents is 1. The van der Waals surface area contributed by atoms with Crippen molar-refractivity contribution in [1.82, 2.24) is 9.88 Å². The number of non-ortho nitro benzene ring substituents is 1. The van der Waals surface area contributed by atoms with Gasteiger partial charge in [-0.15, -0.1) is 0 Å². The largest absolute Gasteiger partial charge is 0.492 e. The lowest BCUT2D eigenvalue weighted by Gasteiger charge is -2.22. The molecule has 0 fully saturated rings. The second kappa shape index (κ2) is 10.3. The van der Waals surface area contributed by atoms with E-state index in [0.29, 0.717) is 11.3 Å². The summed E-state index contributed by atoms with van der Waals surface area (Å²) in [7, 11) is 0. The summed E-state index contributed by atoms with van der Waals surface area (Å²) in [6.07, 6.45) is 0. The van der Waals surface area contributed by atoms with Crippen LogP contribution in [-0.4, -0.2) is 46.2 Å². The molecule has 8 nitrogen and oxygen atoms in total. The SMILES string of the molecule is O=C(CN(CCOc1ccc2c(c1)[nH]c1ccccc12)C(=O)c1ccccc1)c1cccc([N+](=O)[O-])c1. The summed E-state index contributed by atoms with van der Waals surface area (Å²) in [5.74, 6) is -0.0855. The molecule has 0 unspecified atom stereocenters. The lowest BCUT2D eigenvalue weighted by molar-refractivity contribution is -0.384. The minimum absolute atomic E-state index is 0.152. The number of ketones is 1. The van der Waals surface area contributed by atoms with Crippen LogP contribution in [0.1, 0.15) is 20.7 Å². The minimum Gasteiger partial charge on any atom is -0.492 e. The van der Waals surface area contributed by atoms with Crippen molar-refractivity contribution in [3.8, 4) is 5.75 Å². The number of benzene rings is 4. The lowest BCUT2D eigenvalue weighted by atomic mass is 10.1. The number of hydrogen-bond acceptors (Lipinski definition) is 5. The van der Waals surface area contributed by atoms with E-state index in [1.807, 2.05) is 36.4 Å². The van der Waals surface area contributed by atoms with Crippen LogP contribution in [0, 0.1) is 10.1 Å². The van der Waals surface area contributed by atoms with E-state index in [9.17, 15) is 19.7 Å². The first kappa shape index (κ1) is 23.7. The molecular formula is C29H23N3O5. The van der Waals surface area contributed by atoms with Gasteiger partial charge in [-0.1, -0.05) is 48.5 Å². The molecule has 0 spiro atoms. The van der Waals surface area contributed by atoms with Crippen LogP contribution in [0.2, 0.25) is 0 Å². The van der Waals surface area contributed by atoms with Crippen molar-refractivity contribution in [1.29, 1.82) is 0 Å². The molecule has 184 valence electrons. The van der Waals surface area contributed by atoms with Crippen LogP contribution in [-0.2, 0) is 0 Å². The number of nitro groups is 1. The summed E-state index contributed by atoms with van der Waals surface area (Å²) in [4.78, 5) is 41.5. The first-order chi connectivity index (χ1) is 18.0. The van der Waals surface area contributed by atoms with Gasteiger partial charge in [-0.05, 0) is 30.3 Å². The Kier molecular flexibility index (Phi) is 6.63. The molecule has 37 heavy (non-hydrogen) atoms. The molecule has 5 rings (SSSR count). The molecule has 1 N–H and O–H groups in total. The number of aromatic amines is 1. The summed E-state index contributed by atoms with van der Waals surface area (Å²) < 4.78 is 5.95. The molecule has 0 aliphatic carbocycles. The molecule has 0 atom stereocenters. The van der Waals surface area contributed by atoms with Gasteiger partial charge in [-0.25, -0.2) is 0 Å². The normalized spacial score (nSPS) is 10.9. The lowest BCUT2D eigenvalue weighted by Crippen LogP contribution is -2.38. The van der Waals surface area contributed by atoms with Crippen molar-refractivity contribution in [3.05, 3.63) is 118 Å². The second-order valence-corrected chi connectivity index (χ2v) is 8.55. The highest BCUT2D eigenvalue weighted by Crippen LogP contribution is 2.28. The van der Waals surface area contributed by atoms with Crippen molar-refractivity contribution in [3.63, 3.8) is 0 Å². The topological polar surface area (TPSA) is 106 Å². The second-order valence-electron chi connectivity index (χ2n) is 8.55. The maximum atomic E-state index is 13.2. The molecule has 0 saturated carbocycles. The summed E-state index contributed by atoms with van der Waals surface area (Å²) in [5.41, 5.74) is 2.41. The van der Waals surface area contributed by atoms with Crippen molar-refractivity contribution in [2.45, 2.75) is 0 Å². The summed E-state index contributed by atoms with van der Waals surface area (Å²) >= 11 is 0. The number of rotatable bonds is 9. The average Bonchev–Trinajstić information content (AvgIpc) is 3.30. The number of nitrogens with zero attached hydrogens (tertiary/aromatic N) is 2. The first-order valence-electron chi connectivity index (χ1n) is 11.7. The molecule has 4 aromatic carbocycles. The average molecular weight is 494 g/mol. The fourth-order valence-corrected chi connectivity index (χ4v) is 4.27. The maximum Gasteiger partial charge on any atom is 0.270 e. The van der Waals surface area contributed by atoms with E-state index in [-0.39, 0.29) is 36.9 Å². The van der Waals surface area contributed by atoms with Gasteiger partial charge < -0.3 is 14.6 Å². The highest BCUT2D eigenvalue weighted by molar-refractivity contribution is 6.07. The van der Waals surface area contributed by atoms with Gasteiger partial charge in [0.2, 0.25) is 0 Å². The Bertz CT molecular complexity index is 1610. The third-order valence-electron chi connectivity index (χ3n) is 6.13.